The Hall–Kier alpha value is -2.44. The molecule has 0 spiro atoms. The minimum absolute atomic E-state index is 0.0285. The highest BCUT2D eigenvalue weighted by atomic mass is 19.1. The normalized spacial score (nSPS) is 16.4. The zero-order chi connectivity index (χ0) is 16.4. The lowest BCUT2D eigenvalue weighted by Gasteiger charge is -2.30. The Balaban J connectivity index is 1.80. The van der Waals surface area contributed by atoms with E-state index in [1.807, 2.05) is 6.07 Å². The summed E-state index contributed by atoms with van der Waals surface area (Å²) in [5, 5.41) is 6.63. The minimum Gasteiger partial charge on any atom is -0.348 e. The molecule has 2 aromatic rings. The van der Waals surface area contributed by atoms with Gasteiger partial charge in [-0.2, -0.15) is 0 Å². The summed E-state index contributed by atoms with van der Waals surface area (Å²) in [5.74, 6) is -0.723. The Bertz CT molecular complexity index is 774. The van der Waals surface area contributed by atoms with Crippen LogP contribution in [0.15, 0.2) is 29.1 Å². The maximum absolute atomic E-state index is 14.2. The second-order valence-electron chi connectivity index (χ2n) is 6.05. The average molecular weight is 318 g/mol. The van der Waals surface area contributed by atoms with Crippen molar-refractivity contribution in [2.24, 2.45) is 7.05 Å². The van der Waals surface area contributed by atoms with E-state index in [1.165, 1.54) is 13.1 Å². The number of aromatic amines is 1. The van der Waals surface area contributed by atoms with Gasteiger partial charge >= 0.3 is 5.69 Å². The molecule has 0 radical (unpaired) electrons. The number of carbonyl (C=O) groups excluding carboxylic acids is 1. The van der Waals surface area contributed by atoms with Gasteiger partial charge in [-0.15, -0.1) is 5.10 Å². The topological polar surface area (TPSA) is 79.8 Å². The molecule has 1 saturated carbocycles. The van der Waals surface area contributed by atoms with Gasteiger partial charge in [-0.25, -0.2) is 13.9 Å². The molecular weight excluding hydrogens is 299 g/mol. The van der Waals surface area contributed by atoms with E-state index in [4.69, 9.17) is 0 Å². The molecule has 2 N–H and O–H groups in total. The maximum atomic E-state index is 14.2. The highest BCUT2D eigenvalue weighted by Crippen LogP contribution is 2.41. The lowest BCUT2D eigenvalue weighted by Crippen LogP contribution is -2.40. The monoisotopic (exact) mass is 318 g/mol. The van der Waals surface area contributed by atoms with Gasteiger partial charge in [0.25, 0.3) is 5.91 Å². The standard InChI is InChI=1S/C16H19FN4O2/c1-21-15(23)19-13(20-21)14(22)18-10-16(8-4-5-9-16)11-6-2-3-7-12(11)17/h2-3,6-7H,4-5,8-10H2,1H3,(H,18,22)(H,19,20,23). The predicted octanol–water partition coefficient (Wildman–Crippen LogP) is 1.49. The van der Waals surface area contributed by atoms with E-state index >= 15 is 0 Å². The molecule has 1 amide bonds. The van der Waals surface area contributed by atoms with E-state index in [2.05, 4.69) is 15.4 Å². The molecule has 122 valence electrons. The fourth-order valence-electron chi connectivity index (χ4n) is 3.32. The average Bonchev–Trinajstić information content (AvgIpc) is 3.14. The summed E-state index contributed by atoms with van der Waals surface area (Å²) in [4.78, 5) is 25.9. The molecule has 1 aliphatic rings. The quantitative estimate of drug-likeness (QED) is 0.896. The first-order chi connectivity index (χ1) is 11.0. The van der Waals surface area contributed by atoms with Crippen LogP contribution in [0.3, 0.4) is 0 Å². The minimum atomic E-state index is -0.453. The van der Waals surface area contributed by atoms with Crippen LogP contribution in [0.1, 0.15) is 41.9 Å². The van der Waals surface area contributed by atoms with Crippen LogP contribution in [-0.4, -0.2) is 27.2 Å². The van der Waals surface area contributed by atoms with Crippen molar-refractivity contribution in [2.45, 2.75) is 31.1 Å². The van der Waals surface area contributed by atoms with Crippen molar-refractivity contribution in [3.8, 4) is 0 Å². The Morgan fingerprint density at radius 1 is 1.39 bits per heavy atom. The second kappa shape index (κ2) is 5.98. The third-order valence-corrected chi connectivity index (χ3v) is 4.58. The van der Waals surface area contributed by atoms with Crippen LogP contribution in [0.4, 0.5) is 4.39 Å². The molecule has 1 fully saturated rings. The van der Waals surface area contributed by atoms with Gasteiger partial charge in [0.2, 0.25) is 5.82 Å². The van der Waals surface area contributed by atoms with Gasteiger partial charge < -0.3 is 5.32 Å². The molecule has 7 heteroatoms. The number of carbonyl (C=O) groups is 1. The number of halogens is 1. The molecule has 0 unspecified atom stereocenters. The Kier molecular flexibility index (Phi) is 4.02. The van der Waals surface area contributed by atoms with Gasteiger partial charge in [0, 0.05) is 19.0 Å². The van der Waals surface area contributed by atoms with E-state index in [0.29, 0.717) is 12.1 Å². The molecule has 0 bridgehead atoms. The number of nitrogens with zero attached hydrogens (tertiary/aromatic N) is 2. The third-order valence-electron chi connectivity index (χ3n) is 4.58. The first-order valence-electron chi connectivity index (χ1n) is 7.68. The molecule has 6 nitrogen and oxygen atoms in total. The van der Waals surface area contributed by atoms with Crippen LogP contribution in [0.5, 0.6) is 0 Å². The van der Waals surface area contributed by atoms with Crippen LogP contribution in [0.2, 0.25) is 0 Å². The van der Waals surface area contributed by atoms with E-state index in [0.717, 1.165) is 30.4 Å². The van der Waals surface area contributed by atoms with Crippen LogP contribution in [0, 0.1) is 5.82 Å². The number of hydrogen-bond donors (Lipinski definition) is 2. The third kappa shape index (κ3) is 2.91. The highest BCUT2D eigenvalue weighted by molar-refractivity contribution is 5.90. The van der Waals surface area contributed by atoms with E-state index in [9.17, 15) is 14.0 Å². The lowest BCUT2D eigenvalue weighted by atomic mass is 9.78. The van der Waals surface area contributed by atoms with Crippen molar-refractivity contribution in [1.29, 1.82) is 0 Å². The zero-order valence-corrected chi connectivity index (χ0v) is 12.9. The Labute approximate surface area is 132 Å². The molecule has 1 aliphatic carbocycles. The molecule has 1 aromatic carbocycles. The Morgan fingerprint density at radius 2 is 2.09 bits per heavy atom. The number of benzene rings is 1. The smallest absolute Gasteiger partial charge is 0.343 e. The molecule has 23 heavy (non-hydrogen) atoms. The first-order valence-corrected chi connectivity index (χ1v) is 7.68. The number of nitrogens with one attached hydrogen (secondary N) is 2. The first kappa shape index (κ1) is 15.5. The van der Waals surface area contributed by atoms with Gasteiger partial charge in [0.05, 0.1) is 0 Å². The second-order valence-corrected chi connectivity index (χ2v) is 6.05. The van der Waals surface area contributed by atoms with Crippen LogP contribution >= 0.6 is 0 Å². The van der Waals surface area contributed by atoms with Gasteiger partial charge in [0.1, 0.15) is 5.82 Å². The van der Waals surface area contributed by atoms with Crippen molar-refractivity contribution in [2.75, 3.05) is 6.54 Å². The largest absolute Gasteiger partial charge is 0.348 e. The summed E-state index contributed by atoms with van der Waals surface area (Å²) in [7, 11) is 1.47. The van der Waals surface area contributed by atoms with E-state index in [1.54, 1.807) is 12.1 Å². The van der Waals surface area contributed by atoms with Crippen molar-refractivity contribution >= 4 is 5.91 Å². The van der Waals surface area contributed by atoms with Gasteiger partial charge in [0.15, 0.2) is 0 Å². The molecule has 0 saturated heterocycles. The summed E-state index contributed by atoms with van der Waals surface area (Å²) >= 11 is 0. The number of rotatable bonds is 4. The number of H-pyrrole nitrogens is 1. The predicted molar refractivity (Wildman–Crippen MR) is 82.7 cm³/mol. The van der Waals surface area contributed by atoms with E-state index in [-0.39, 0.29) is 11.6 Å². The molecule has 1 heterocycles. The van der Waals surface area contributed by atoms with Crippen molar-refractivity contribution in [3.05, 3.63) is 52.0 Å². The number of hydrogen-bond acceptors (Lipinski definition) is 3. The number of aromatic nitrogens is 3. The summed E-state index contributed by atoms with van der Waals surface area (Å²) in [5.41, 5.74) is -0.192. The fraction of sp³-hybridized carbons (Fsp3) is 0.438. The maximum Gasteiger partial charge on any atom is 0.343 e. The summed E-state index contributed by atoms with van der Waals surface area (Å²) in [6, 6.07) is 6.72. The van der Waals surface area contributed by atoms with Crippen molar-refractivity contribution in [1.82, 2.24) is 20.1 Å². The molecule has 0 aliphatic heterocycles. The molecule has 0 atom stereocenters. The molecule has 1 aromatic heterocycles. The number of aryl methyl sites for hydroxylation is 1. The fourth-order valence-corrected chi connectivity index (χ4v) is 3.32. The van der Waals surface area contributed by atoms with Crippen LogP contribution in [-0.2, 0) is 12.5 Å². The van der Waals surface area contributed by atoms with Gasteiger partial charge in [-0.3, -0.25) is 9.78 Å². The lowest BCUT2D eigenvalue weighted by molar-refractivity contribution is 0.0932. The Morgan fingerprint density at radius 3 is 2.70 bits per heavy atom. The van der Waals surface area contributed by atoms with Crippen molar-refractivity contribution in [3.63, 3.8) is 0 Å². The summed E-state index contributed by atoms with van der Waals surface area (Å²) < 4.78 is 15.3. The summed E-state index contributed by atoms with van der Waals surface area (Å²) in [6.45, 7) is 0.325. The van der Waals surface area contributed by atoms with Gasteiger partial charge in [-0.05, 0) is 24.5 Å². The number of amides is 1. The van der Waals surface area contributed by atoms with Gasteiger partial charge in [-0.1, -0.05) is 31.0 Å². The van der Waals surface area contributed by atoms with Crippen molar-refractivity contribution < 1.29 is 9.18 Å². The van der Waals surface area contributed by atoms with E-state index < -0.39 is 17.0 Å². The molecule has 3 rings (SSSR count). The molecular formula is C16H19FN4O2. The van der Waals surface area contributed by atoms with Crippen LogP contribution in [0.25, 0.3) is 0 Å². The summed E-state index contributed by atoms with van der Waals surface area (Å²) in [6.07, 6.45) is 3.66. The highest BCUT2D eigenvalue weighted by Gasteiger charge is 2.38. The van der Waals surface area contributed by atoms with Crippen LogP contribution < -0.4 is 11.0 Å². The SMILES string of the molecule is Cn1nc(C(=O)NCC2(c3ccccc3F)CCCC2)[nH]c1=O. The zero-order valence-electron chi connectivity index (χ0n) is 12.9.